The number of thiol groups is 1. The first-order valence-corrected chi connectivity index (χ1v) is 9.05. The maximum Gasteiger partial charge on any atom is 0.0125 e. The molecule has 7 aromatic carbocycles. The van der Waals surface area contributed by atoms with Gasteiger partial charge in [-0.1, -0.05) is 60.7 Å². The second-order valence-corrected chi connectivity index (χ2v) is 7.62. The van der Waals surface area contributed by atoms with Crippen molar-refractivity contribution in [2.45, 2.75) is 4.90 Å². The number of rotatable bonds is 0. The summed E-state index contributed by atoms with van der Waals surface area (Å²) in [6, 6.07) is 24.8. The average molecular weight is 332 g/mol. The summed E-state index contributed by atoms with van der Waals surface area (Å²) < 4.78 is 0. The average Bonchev–Trinajstić information content (AvgIpc) is 2.66. The van der Waals surface area contributed by atoms with Gasteiger partial charge in [0.15, 0.2) is 0 Å². The SMILES string of the molecule is Sc1cc2ccc3ccc4ccc5ccc6ccc1c1c6c5c4c3c21. The molecule has 1 heteroatoms. The zero-order chi connectivity index (χ0) is 16.3. The van der Waals surface area contributed by atoms with Crippen LogP contribution in [0.25, 0.3) is 64.6 Å². The molecule has 0 aliphatic rings. The maximum absolute atomic E-state index is 4.81. The van der Waals surface area contributed by atoms with Crippen molar-refractivity contribution < 1.29 is 0 Å². The van der Waals surface area contributed by atoms with Gasteiger partial charge in [-0.05, 0) is 70.7 Å². The largest absolute Gasteiger partial charge is 0.143 e. The van der Waals surface area contributed by atoms with E-state index >= 15 is 0 Å². The Bertz CT molecular complexity index is 1530. The highest BCUT2D eigenvalue weighted by Crippen LogP contribution is 2.49. The van der Waals surface area contributed by atoms with Crippen LogP contribution in [0.2, 0.25) is 0 Å². The zero-order valence-electron chi connectivity index (χ0n) is 13.3. The first kappa shape index (κ1) is 12.6. The molecule has 7 aromatic rings. The van der Waals surface area contributed by atoms with Gasteiger partial charge in [-0.3, -0.25) is 0 Å². The third-order valence-electron chi connectivity index (χ3n) is 5.98. The summed E-state index contributed by atoms with van der Waals surface area (Å²) in [6.45, 7) is 0. The van der Waals surface area contributed by atoms with Crippen molar-refractivity contribution in [3.05, 3.63) is 66.7 Å². The van der Waals surface area contributed by atoms with E-state index in [2.05, 4.69) is 66.7 Å². The van der Waals surface area contributed by atoms with Crippen LogP contribution in [0, 0.1) is 0 Å². The van der Waals surface area contributed by atoms with Gasteiger partial charge in [0, 0.05) is 4.90 Å². The van der Waals surface area contributed by atoms with Gasteiger partial charge < -0.3 is 0 Å². The van der Waals surface area contributed by atoms with Crippen LogP contribution < -0.4 is 0 Å². The molecule has 114 valence electrons. The lowest BCUT2D eigenvalue weighted by atomic mass is 9.83. The van der Waals surface area contributed by atoms with Crippen molar-refractivity contribution in [1.82, 2.24) is 0 Å². The number of hydrogen-bond donors (Lipinski definition) is 1. The summed E-state index contributed by atoms with van der Waals surface area (Å²) in [5.74, 6) is 0. The second kappa shape index (κ2) is 3.89. The molecular formula is C24H12S. The van der Waals surface area contributed by atoms with Gasteiger partial charge in [-0.25, -0.2) is 0 Å². The Morgan fingerprint density at radius 3 is 1.28 bits per heavy atom. The van der Waals surface area contributed by atoms with Crippen LogP contribution in [-0.4, -0.2) is 0 Å². The van der Waals surface area contributed by atoms with E-state index in [0.29, 0.717) is 0 Å². The van der Waals surface area contributed by atoms with Crippen LogP contribution in [0.3, 0.4) is 0 Å². The molecule has 0 bridgehead atoms. The lowest BCUT2D eigenvalue weighted by molar-refractivity contribution is 1.62. The normalized spacial score (nSPS) is 13.0. The molecule has 0 aliphatic heterocycles. The quantitative estimate of drug-likeness (QED) is 0.169. The van der Waals surface area contributed by atoms with Crippen LogP contribution in [0.4, 0.5) is 0 Å². The summed E-state index contributed by atoms with van der Waals surface area (Å²) in [4.78, 5) is 1.06. The molecule has 0 nitrogen and oxygen atoms in total. The van der Waals surface area contributed by atoms with Gasteiger partial charge in [-0.15, -0.1) is 12.6 Å². The van der Waals surface area contributed by atoms with Crippen LogP contribution >= 0.6 is 12.6 Å². The zero-order valence-corrected chi connectivity index (χ0v) is 14.2. The molecule has 0 amide bonds. The molecule has 7 rings (SSSR count). The van der Waals surface area contributed by atoms with Gasteiger partial charge in [-0.2, -0.15) is 0 Å². The van der Waals surface area contributed by atoms with Gasteiger partial charge in [0.2, 0.25) is 0 Å². The molecule has 0 unspecified atom stereocenters. The summed E-state index contributed by atoms with van der Waals surface area (Å²) >= 11 is 4.81. The molecule has 0 aliphatic carbocycles. The van der Waals surface area contributed by atoms with E-state index in [1.165, 1.54) is 64.6 Å². The van der Waals surface area contributed by atoms with Crippen LogP contribution in [0.15, 0.2) is 71.6 Å². The van der Waals surface area contributed by atoms with Crippen molar-refractivity contribution in [2.24, 2.45) is 0 Å². The highest BCUT2D eigenvalue weighted by atomic mass is 32.1. The van der Waals surface area contributed by atoms with E-state index in [4.69, 9.17) is 12.6 Å². The minimum atomic E-state index is 1.06. The summed E-state index contributed by atoms with van der Waals surface area (Å²) in [7, 11) is 0. The van der Waals surface area contributed by atoms with Crippen molar-refractivity contribution in [2.75, 3.05) is 0 Å². The van der Waals surface area contributed by atoms with Gasteiger partial charge in [0.1, 0.15) is 0 Å². The fourth-order valence-corrected chi connectivity index (χ4v) is 5.29. The predicted molar refractivity (Wildman–Crippen MR) is 112 cm³/mol. The Balaban J connectivity index is 2.10. The first-order valence-electron chi connectivity index (χ1n) is 8.60. The molecule has 0 N–H and O–H groups in total. The van der Waals surface area contributed by atoms with Crippen LogP contribution in [0.1, 0.15) is 0 Å². The van der Waals surface area contributed by atoms with Crippen molar-refractivity contribution >= 4 is 77.3 Å². The Kier molecular flexibility index (Phi) is 1.96. The standard InChI is InChI=1S/C24H12S/c25-18-11-16-8-7-14-4-2-12-1-3-13-5-6-15-9-10-17(18)24-22(15)20(13)19(12)21(14)23(16)24/h1-11,25H. The van der Waals surface area contributed by atoms with Crippen molar-refractivity contribution in [1.29, 1.82) is 0 Å². The van der Waals surface area contributed by atoms with Gasteiger partial charge in [0.25, 0.3) is 0 Å². The topological polar surface area (TPSA) is 0 Å². The molecule has 25 heavy (non-hydrogen) atoms. The van der Waals surface area contributed by atoms with Crippen LogP contribution in [-0.2, 0) is 0 Å². The Morgan fingerprint density at radius 1 is 0.400 bits per heavy atom. The Labute approximate surface area is 149 Å². The fourth-order valence-electron chi connectivity index (χ4n) is 4.97. The smallest absolute Gasteiger partial charge is 0.0125 e. The molecule has 0 radical (unpaired) electrons. The summed E-state index contributed by atoms with van der Waals surface area (Å²) in [5.41, 5.74) is 0. The monoisotopic (exact) mass is 332 g/mol. The minimum Gasteiger partial charge on any atom is -0.143 e. The summed E-state index contributed by atoms with van der Waals surface area (Å²) in [5, 5.41) is 16.2. The first-order chi connectivity index (χ1) is 12.3. The fraction of sp³-hybridized carbons (Fsp3) is 0. The summed E-state index contributed by atoms with van der Waals surface area (Å²) in [6.07, 6.45) is 0. The van der Waals surface area contributed by atoms with Crippen molar-refractivity contribution in [3.8, 4) is 0 Å². The molecule has 0 aromatic heterocycles. The van der Waals surface area contributed by atoms with E-state index in [0.717, 1.165) is 4.90 Å². The molecule has 0 saturated heterocycles. The predicted octanol–water partition coefficient (Wildman–Crippen LogP) is 7.21. The van der Waals surface area contributed by atoms with E-state index in [1.807, 2.05) is 0 Å². The lowest BCUT2D eigenvalue weighted by Gasteiger charge is -2.21. The minimum absolute atomic E-state index is 1.06. The third kappa shape index (κ3) is 1.28. The number of benzene rings is 7. The molecule has 0 spiro atoms. The molecule has 0 heterocycles. The third-order valence-corrected chi connectivity index (χ3v) is 6.35. The van der Waals surface area contributed by atoms with E-state index in [1.54, 1.807) is 0 Å². The second-order valence-electron chi connectivity index (χ2n) is 7.14. The molecule has 0 atom stereocenters. The maximum atomic E-state index is 4.81. The van der Waals surface area contributed by atoms with Crippen molar-refractivity contribution in [3.63, 3.8) is 0 Å². The van der Waals surface area contributed by atoms with E-state index in [9.17, 15) is 0 Å². The molecular weight excluding hydrogens is 320 g/mol. The highest BCUT2D eigenvalue weighted by Gasteiger charge is 2.20. The molecule has 0 saturated carbocycles. The van der Waals surface area contributed by atoms with Gasteiger partial charge in [0.05, 0.1) is 0 Å². The molecule has 0 fully saturated rings. The van der Waals surface area contributed by atoms with E-state index in [-0.39, 0.29) is 0 Å². The highest BCUT2D eigenvalue weighted by molar-refractivity contribution is 7.80. The van der Waals surface area contributed by atoms with Gasteiger partial charge >= 0.3 is 0 Å². The lowest BCUT2D eigenvalue weighted by Crippen LogP contribution is -1.92. The Hall–Kier alpha value is -2.77. The van der Waals surface area contributed by atoms with Crippen LogP contribution in [0.5, 0.6) is 0 Å². The Morgan fingerprint density at radius 2 is 0.760 bits per heavy atom. The van der Waals surface area contributed by atoms with E-state index < -0.39 is 0 Å². The number of hydrogen-bond acceptors (Lipinski definition) is 1.